The first-order chi connectivity index (χ1) is 12.1. The third-order valence-electron chi connectivity index (χ3n) is 3.23. The Bertz CT molecular complexity index is 709. The number of carbonyl (C=O) groups excluding carboxylic acids is 2. The van der Waals surface area contributed by atoms with Crippen molar-refractivity contribution >= 4 is 29.2 Å². The second-order valence-electron chi connectivity index (χ2n) is 5.23. The molecule has 0 unspecified atom stereocenters. The number of aromatic nitrogens is 1. The van der Waals surface area contributed by atoms with Crippen LogP contribution in [-0.2, 0) is 14.3 Å². The summed E-state index contributed by atoms with van der Waals surface area (Å²) in [7, 11) is 0. The van der Waals surface area contributed by atoms with Crippen LogP contribution >= 0.6 is 11.6 Å². The summed E-state index contributed by atoms with van der Waals surface area (Å²) in [6.07, 6.45) is 1.24. The predicted molar refractivity (Wildman–Crippen MR) is 94.6 cm³/mol. The Hall–Kier alpha value is -2.60. The van der Waals surface area contributed by atoms with Gasteiger partial charge in [0.15, 0.2) is 11.3 Å². The fourth-order valence-corrected chi connectivity index (χ4v) is 2.11. The van der Waals surface area contributed by atoms with Gasteiger partial charge in [0.05, 0.1) is 12.3 Å². The Morgan fingerprint density at radius 1 is 1.20 bits per heavy atom. The summed E-state index contributed by atoms with van der Waals surface area (Å²) in [5.41, 5.74) is 0.369. The van der Waals surface area contributed by atoms with Crippen molar-refractivity contribution in [2.75, 3.05) is 11.9 Å². The summed E-state index contributed by atoms with van der Waals surface area (Å²) in [4.78, 5) is 27.7. The van der Waals surface area contributed by atoms with Crippen LogP contribution in [0.25, 0.3) is 0 Å². The lowest BCUT2D eigenvalue weighted by molar-refractivity contribution is -0.153. The highest BCUT2D eigenvalue weighted by molar-refractivity contribution is 6.32. The van der Waals surface area contributed by atoms with Crippen LogP contribution in [-0.4, -0.2) is 29.6 Å². The fraction of sp³-hybridized carbons (Fsp3) is 0.278. The van der Waals surface area contributed by atoms with Crippen molar-refractivity contribution in [2.24, 2.45) is 0 Å². The van der Waals surface area contributed by atoms with Crippen molar-refractivity contribution in [1.82, 2.24) is 4.98 Å². The molecule has 0 saturated heterocycles. The first kappa shape index (κ1) is 18.7. The molecule has 1 aromatic carbocycles. The van der Waals surface area contributed by atoms with Gasteiger partial charge in [-0.15, -0.1) is 0 Å². The molecule has 0 aliphatic rings. The molecule has 0 fully saturated rings. The number of nitrogens with one attached hydrogen (secondary N) is 1. The number of anilines is 1. The lowest BCUT2D eigenvalue weighted by atomic mass is 10.3. The molecule has 0 aliphatic carbocycles. The Morgan fingerprint density at radius 2 is 1.96 bits per heavy atom. The SMILES string of the molecule is C[C@H](OC(=O)CCCOc1ccccc1)C(=O)Nc1cccnc1Cl. The van der Waals surface area contributed by atoms with E-state index in [2.05, 4.69) is 10.3 Å². The summed E-state index contributed by atoms with van der Waals surface area (Å²) in [6.45, 7) is 1.89. The van der Waals surface area contributed by atoms with E-state index in [0.29, 0.717) is 18.7 Å². The molecule has 2 rings (SSSR count). The maximum absolute atomic E-state index is 12.0. The van der Waals surface area contributed by atoms with Crippen LogP contribution in [0.4, 0.5) is 5.69 Å². The molecule has 0 bridgehead atoms. The van der Waals surface area contributed by atoms with Gasteiger partial charge in [0, 0.05) is 12.6 Å². The topological polar surface area (TPSA) is 77.5 Å². The highest BCUT2D eigenvalue weighted by Crippen LogP contribution is 2.18. The minimum Gasteiger partial charge on any atom is -0.494 e. The molecule has 0 aliphatic heterocycles. The van der Waals surface area contributed by atoms with Crippen molar-refractivity contribution in [2.45, 2.75) is 25.9 Å². The largest absolute Gasteiger partial charge is 0.494 e. The van der Waals surface area contributed by atoms with Crippen molar-refractivity contribution in [1.29, 1.82) is 0 Å². The number of pyridine rings is 1. The molecule has 25 heavy (non-hydrogen) atoms. The van der Waals surface area contributed by atoms with Crippen LogP contribution in [0, 0.1) is 0 Å². The number of amides is 1. The zero-order chi connectivity index (χ0) is 18.1. The predicted octanol–water partition coefficient (Wildman–Crippen LogP) is 3.46. The van der Waals surface area contributed by atoms with Crippen LogP contribution in [0.1, 0.15) is 19.8 Å². The molecular formula is C18H19ClN2O4. The van der Waals surface area contributed by atoms with Gasteiger partial charge in [-0.1, -0.05) is 29.8 Å². The van der Waals surface area contributed by atoms with E-state index in [4.69, 9.17) is 21.1 Å². The minimum absolute atomic E-state index is 0.165. The average Bonchev–Trinajstić information content (AvgIpc) is 2.61. The van der Waals surface area contributed by atoms with Crippen molar-refractivity contribution in [3.05, 3.63) is 53.8 Å². The number of rotatable bonds is 8. The molecule has 1 atom stereocenters. The standard InChI is InChI=1S/C18H19ClN2O4/c1-13(18(23)21-15-9-5-11-20-17(15)19)25-16(22)10-6-12-24-14-7-3-2-4-8-14/h2-5,7-9,11,13H,6,10,12H2,1H3,(H,21,23)/t13-/m0/s1. The van der Waals surface area contributed by atoms with Crippen LogP contribution in [0.2, 0.25) is 5.15 Å². The molecule has 1 aromatic heterocycles. The van der Waals surface area contributed by atoms with Gasteiger partial charge in [-0.05, 0) is 37.6 Å². The number of carbonyl (C=O) groups is 2. The van der Waals surface area contributed by atoms with E-state index < -0.39 is 18.0 Å². The lowest BCUT2D eigenvalue weighted by Crippen LogP contribution is -2.30. The number of para-hydroxylation sites is 1. The summed E-state index contributed by atoms with van der Waals surface area (Å²) in [6, 6.07) is 12.6. The smallest absolute Gasteiger partial charge is 0.306 e. The molecule has 1 heterocycles. The second-order valence-corrected chi connectivity index (χ2v) is 5.59. The summed E-state index contributed by atoms with van der Waals surface area (Å²) < 4.78 is 10.6. The van der Waals surface area contributed by atoms with Gasteiger partial charge in [0.1, 0.15) is 5.75 Å². The summed E-state index contributed by atoms with van der Waals surface area (Å²) >= 11 is 5.87. The molecule has 1 amide bonds. The number of benzene rings is 1. The van der Waals surface area contributed by atoms with Crippen LogP contribution in [0.3, 0.4) is 0 Å². The molecule has 132 valence electrons. The van der Waals surface area contributed by atoms with E-state index >= 15 is 0 Å². The molecular weight excluding hydrogens is 344 g/mol. The van der Waals surface area contributed by atoms with Crippen LogP contribution in [0.5, 0.6) is 5.75 Å². The molecule has 0 spiro atoms. The highest BCUT2D eigenvalue weighted by Gasteiger charge is 2.18. The minimum atomic E-state index is -0.932. The molecule has 6 nitrogen and oxygen atoms in total. The zero-order valence-corrected chi connectivity index (χ0v) is 14.5. The first-order valence-electron chi connectivity index (χ1n) is 7.85. The third-order valence-corrected chi connectivity index (χ3v) is 3.53. The first-order valence-corrected chi connectivity index (χ1v) is 8.23. The van der Waals surface area contributed by atoms with E-state index in [1.54, 1.807) is 12.1 Å². The van der Waals surface area contributed by atoms with Gasteiger partial charge < -0.3 is 14.8 Å². The quantitative estimate of drug-likeness (QED) is 0.442. The Balaban J connectivity index is 1.68. The van der Waals surface area contributed by atoms with E-state index in [-0.39, 0.29) is 11.6 Å². The van der Waals surface area contributed by atoms with Gasteiger partial charge in [-0.3, -0.25) is 9.59 Å². The number of esters is 1. The lowest BCUT2D eigenvalue weighted by Gasteiger charge is -2.14. The molecule has 0 radical (unpaired) electrons. The van der Waals surface area contributed by atoms with Gasteiger partial charge >= 0.3 is 5.97 Å². The van der Waals surface area contributed by atoms with Crippen molar-refractivity contribution in [3.63, 3.8) is 0 Å². The van der Waals surface area contributed by atoms with E-state index in [1.807, 2.05) is 30.3 Å². The maximum Gasteiger partial charge on any atom is 0.306 e. The number of hydrogen-bond acceptors (Lipinski definition) is 5. The van der Waals surface area contributed by atoms with Gasteiger partial charge in [-0.2, -0.15) is 0 Å². The van der Waals surface area contributed by atoms with E-state index in [9.17, 15) is 9.59 Å². The van der Waals surface area contributed by atoms with Gasteiger partial charge in [0.25, 0.3) is 5.91 Å². The average molecular weight is 363 g/mol. The van der Waals surface area contributed by atoms with E-state index in [1.165, 1.54) is 13.1 Å². The summed E-state index contributed by atoms with van der Waals surface area (Å²) in [5, 5.41) is 2.74. The molecule has 7 heteroatoms. The van der Waals surface area contributed by atoms with Gasteiger partial charge in [0.2, 0.25) is 0 Å². The Labute approximate surface area is 151 Å². The number of ether oxygens (including phenoxy) is 2. The van der Waals surface area contributed by atoms with Crippen LogP contribution in [0.15, 0.2) is 48.7 Å². The highest BCUT2D eigenvalue weighted by atomic mass is 35.5. The van der Waals surface area contributed by atoms with Crippen molar-refractivity contribution in [3.8, 4) is 5.75 Å². The number of halogens is 1. The van der Waals surface area contributed by atoms with Gasteiger partial charge in [-0.25, -0.2) is 4.98 Å². The second kappa shape index (κ2) is 9.64. The maximum atomic E-state index is 12.0. The Morgan fingerprint density at radius 3 is 2.68 bits per heavy atom. The third kappa shape index (κ3) is 6.43. The Kier molecular flexibility index (Phi) is 7.22. The van der Waals surface area contributed by atoms with E-state index in [0.717, 1.165) is 5.75 Å². The summed E-state index contributed by atoms with van der Waals surface area (Å²) in [5.74, 6) is -0.183. The zero-order valence-electron chi connectivity index (χ0n) is 13.8. The molecule has 2 aromatic rings. The fourth-order valence-electron chi connectivity index (χ4n) is 1.95. The van der Waals surface area contributed by atoms with Crippen molar-refractivity contribution < 1.29 is 19.1 Å². The monoisotopic (exact) mass is 362 g/mol. The number of hydrogen-bond donors (Lipinski definition) is 1. The number of nitrogens with zero attached hydrogens (tertiary/aromatic N) is 1. The van der Waals surface area contributed by atoms with Crippen LogP contribution < -0.4 is 10.1 Å². The normalized spacial score (nSPS) is 11.4. The molecule has 1 N–H and O–H groups in total. The molecule has 0 saturated carbocycles.